The van der Waals surface area contributed by atoms with Crippen LogP contribution in [0.3, 0.4) is 0 Å². The lowest BCUT2D eigenvalue weighted by atomic mass is 10.2. The summed E-state index contributed by atoms with van der Waals surface area (Å²) in [7, 11) is 0. The number of pyridine rings is 1. The Morgan fingerprint density at radius 3 is 2.90 bits per heavy atom. The van der Waals surface area contributed by atoms with Crippen LogP contribution < -0.4 is 15.8 Å². The van der Waals surface area contributed by atoms with Crippen LogP contribution in [0.1, 0.15) is 10.4 Å². The zero-order valence-electron chi connectivity index (χ0n) is 10.7. The van der Waals surface area contributed by atoms with Crippen molar-refractivity contribution in [3.05, 3.63) is 53.3 Å². The molecule has 1 aromatic carbocycles. The molecule has 5 nitrogen and oxygen atoms in total. The maximum absolute atomic E-state index is 11.8. The van der Waals surface area contributed by atoms with Crippen molar-refractivity contribution in [3.8, 4) is 5.75 Å². The fourth-order valence-electron chi connectivity index (χ4n) is 1.59. The van der Waals surface area contributed by atoms with Crippen LogP contribution in [0.5, 0.6) is 5.75 Å². The number of nitrogens with one attached hydrogen (secondary N) is 1. The van der Waals surface area contributed by atoms with E-state index in [0.717, 1.165) is 0 Å². The van der Waals surface area contributed by atoms with Crippen LogP contribution in [0.25, 0.3) is 0 Å². The summed E-state index contributed by atoms with van der Waals surface area (Å²) in [5, 5.41) is 3.03. The Bertz CT molecular complexity index is 604. The van der Waals surface area contributed by atoms with Crippen molar-refractivity contribution in [1.29, 1.82) is 0 Å². The van der Waals surface area contributed by atoms with Gasteiger partial charge in [0.1, 0.15) is 12.4 Å². The minimum Gasteiger partial charge on any atom is -0.490 e. The minimum absolute atomic E-state index is 0.262. The van der Waals surface area contributed by atoms with Crippen molar-refractivity contribution in [2.75, 3.05) is 18.9 Å². The third kappa shape index (κ3) is 3.61. The molecule has 0 atom stereocenters. The Morgan fingerprint density at radius 1 is 1.35 bits per heavy atom. The molecule has 1 aromatic heterocycles. The molecule has 0 bridgehead atoms. The standard InChI is InChI=1S/C14H14ClN3O2/c15-11-9-17-6-5-10(11)14(19)18-7-8-20-13-4-2-1-3-12(13)16/h1-6,9H,7-8,16H2,(H,18,19). The number of rotatable bonds is 5. The monoisotopic (exact) mass is 291 g/mol. The number of hydrogen-bond acceptors (Lipinski definition) is 4. The SMILES string of the molecule is Nc1ccccc1OCCNC(=O)c1ccncc1Cl. The van der Waals surface area contributed by atoms with E-state index < -0.39 is 0 Å². The van der Waals surface area contributed by atoms with E-state index in [-0.39, 0.29) is 5.91 Å². The number of amides is 1. The molecule has 0 radical (unpaired) electrons. The van der Waals surface area contributed by atoms with Gasteiger partial charge in [0.25, 0.3) is 5.91 Å². The van der Waals surface area contributed by atoms with Crippen LogP contribution in [0, 0.1) is 0 Å². The van der Waals surface area contributed by atoms with Gasteiger partial charge in [-0.1, -0.05) is 23.7 Å². The predicted molar refractivity (Wildman–Crippen MR) is 77.9 cm³/mol. The topological polar surface area (TPSA) is 77.2 Å². The normalized spacial score (nSPS) is 10.1. The zero-order valence-corrected chi connectivity index (χ0v) is 11.4. The van der Waals surface area contributed by atoms with Gasteiger partial charge < -0.3 is 15.8 Å². The Labute approximate surface area is 121 Å². The lowest BCUT2D eigenvalue weighted by Crippen LogP contribution is -2.28. The molecule has 0 aliphatic rings. The van der Waals surface area contributed by atoms with E-state index in [4.69, 9.17) is 22.1 Å². The lowest BCUT2D eigenvalue weighted by molar-refractivity contribution is 0.0947. The maximum Gasteiger partial charge on any atom is 0.253 e. The first kappa shape index (κ1) is 14.1. The van der Waals surface area contributed by atoms with Gasteiger partial charge in [0, 0.05) is 12.4 Å². The number of ether oxygens (including phenoxy) is 1. The van der Waals surface area contributed by atoms with Gasteiger partial charge in [-0.3, -0.25) is 9.78 Å². The summed E-state index contributed by atoms with van der Waals surface area (Å²) < 4.78 is 5.47. The highest BCUT2D eigenvalue weighted by Gasteiger charge is 2.09. The second-order valence-electron chi connectivity index (χ2n) is 4.00. The molecule has 1 amide bonds. The number of carbonyl (C=O) groups excluding carboxylic acids is 1. The molecule has 20 heavy (non-hydrogen) atoms. The molecule has 2 aromatic rings. The molecular formula is C14H14ClN3O2. The molecule has 0 aliphatic heterocycles. The van der Waals surface area contributed by atoms with Crippen molar-refractivity contribution in [2.24, 2.45) is 0 Å². The average Bonchev–Trinajstić information content (AvgIpc) is 2.45. The molecule has 0 aliphatic carbocycles. The van der Waals surface area contributed by atoms with Gasteiger partial charge in [0.05, 0.1) is 22.8 Å². The highest BCUT2D eigenvalue weighted by Crippen LogP contribution is 2.19. The van der Waals surface area contributed by atoms with Crippen molar-refractivity contribution in [1.82, 2.24) is 10.3 Å². The molecule has 0 spiro atoms. The van der Waals surface area contributed by atoms with Gasteiger partial charge in [0.2, 0.25) is 0 Å². The Kier molecular flexibility index (Phi) is 4.79. The first-order valence-electron chi connectivity index (χ1n) is 6.03. The summed E-state index contributed by atoms with van der Waals surface area (Å²) in [6.07, 6.45) is 2.94. The highest BCUT2D eigenvalue weighted by molar-refractivity contribution is 6.33. The molecule has 0 fully saturated rings. The van der Waals surface area contributed by atoms with Gasteiger partial charge in [0.15, 0.2) is 0 Å². The quantitative estimate of drug-likeness (QED) is 0.653. The summed E-state index contributed by atoms with van der Waals surface area (Å²) in [6.45, 7) is 0.675. The molecule has 2 rings (SSSR count). The summed E-state index contributed by atoms with van der Waals surface area (Å²) in [4.78, 5) is 15.7. The fourth-order valence-corrected chi connectivity index (χ4v) is 1.80. The van der Waals surface area contributed by atoms with Crippen molar-refractivity contribution in [3.63, 3.8) is 0 Å². The van der Waals surface area contributed by atoms with E-state index in [0.29, 0.717) is 35.2 Å². The molecule has 1 heterocycles. The number of nitrogens with zero attached hydrogens (tertiary/aromatic N) is 1. The van der Waals surface area contributed by atoms with Gasteiger partial charge in [-0.2, -0.15) is 0 Å². The number of carbonyl (C=O) groups is 1. The Balaban J connectivity index is 1.81. The summed E-state index contributed by atoms with van der Waals surface area (Å²) >= 11 is 5.88. The van der Waals surface area contributed by atoms with Crippen LogP contribution in [0.4, 0.5) is 5.69 Å². The third-order valence-corrected chi connectivity index (χ3v) is 2.88. The zero-order chi connectivity index (χ0) is 14.4. The minimum atomic E-state index is -0.262. The smallest absolute Gasteiger partial charge is 0.253 e. The van der Waals surface area contributed by atoms with Crippen molar-refractivity contribution < 1.29 is 9.53 Å². The third-order valence-electron chi connectivity index (χ3n) is 2.58. The fraction of sp³-hybridized carbons (Fsp3) is 0.143. The molecule has 3 N–H and O–H groups in total. The van der Waals surface area contributed by atoms with Gasteiger partial charge in [-0.15, -0.1) is 0 Å². The van der Waals surface area contributed by atoms with Crippen LogP contribution in [0.2, 0.25) is 5.02 Å². The predicted octanol–water partition coefficient (Wildman–Crippen LogP) is 2.13. The van der Waals surface area contributed by atoms with Crippen molar-refractivity contribution >= 4 is 23.2 Å². The molecule has 0 saturated carbocycles. The molecule has 104 valence electrons. The van der Waals surface area contributed by atoms with E-state index >= 15 is 0 Å². The number of benzene rings is 1. The lowest BCUT2D eigenvalue weighted by Gasteiger charge is -2.09. The van der Waals surface area contributed by atoms with Crippen molar-refractivity contribution in [2.45, 2.75) is 0 Å². The van der Waals surface area contributed by atoms with E-state index in [1.165, 1.54) is 12.4 Å². The number of aromatic nitrogens is 1. The Morgan fingerprint density at radius 2 is 2.15 bits per heavy atom. The van der Waals surface area contributed by atoms with Crippen LogP contribution in [0.15, 0.2) is 42.7 Å². The van der Waals surface area contributed by atoms with Crippen LogP contribution in [-0.4, -0.2) is 24.0 Å². The molecular weight excluding hydrogens is 278 g/mol. The van der Waals surface area contributed by atoms with E-state index in [2.05, 4.69) is 10.3 Å². The highest BCUT2D eigenvalue weighted by atomic mass is 35.5. The summed E-state index contributed by atoms with van der Waals surface area (Å²) in [6, 6.07) is 8.76. The first-order valence-corrected chi connectivity index (χ1v) is 6.41. The van der Waals surface area contributed by atoms with Gasteiger partial charge in [-0.05, 0) is 18.2 Å². The molecule has 6 heteroatoms. The first-order chi connectivity index (χ1) is 9.68. The van der Waals surface area contributed by atoms with Gasteiger partial charge in [-0.25, -0.2) is 0 Å². The summed E-state index contributed by atoms with van der Waals surface area (Å²) in [5.41, 5.74) is 6.69. The van der Waals surface area contributed by atoms with Gasteiger partial charge >= 0.3 is 0 Å². The van der Waals surface area contributed by atoms with E-state index in [9.17, 15) is 4.79 Å². The maximum atomic E-state index is 11.8. The van der Waals surface area contributed by atoms with Crippen LogP contribution >= 0.6 is 11.6 Å². The Hall–Kier alpha value is -2.27. The second-order valence-corrected chi connectivity index (χ2v) is 4.40. The summed E-state index contributed by atoms with van der Waals surface area (Å²) in [5.74, 6) is 0.339. The number of hydrogen-bond donors (Lipinski definition) is 2. The number of anilines is 1. The van der Waals surface area contributed by atoms with E-state index in [1.54, 1.807) is 18.2 Å². The van der Waals surface area contributed by atoms with Crippen LogP contribution in [-0.2, 0) is 0 Å². The number of nitrogen functional groups attached to an aromatic ring is 1. The number of halogens is 1. The number of para-hydroxylation sites is 2. The molecule has 0 saturated heterocycles. The second kappa shape index (κ2) is 6.77. The van der Waals surface area contributed by atoms with E-state index in [1.807, 2.05) is 12.1 Å². The average molecular weight is 292 g/mol. The largest absolute Gasteiger partial charge is 0.490 e. The molecule has 0 unspecified atom stereocenters. The number of nitrogens with two attached hydrogens (primary N) is 1.